The van der Waals surface area contributed by atoms with Crippen LogP contribution in [-0.4, -0.2) is 35.0 Å². The molecule has 126 valence electrons. The number of amides is 2. The average Bonchev–Trinajstić information content (AvgIpc) is 3.09. The average molecular weight is 347 g/mol. The van der Waals surface area contributed by atoms with Gasteiger partial charge in [-0.3, -0.25) is 10.1 Å². The number of carbonyl (C=O) groups excluding carboxylic acids is 1. The fraction of sp³-hybridized carbons (Fsp3) is 0.312. The van der Waals surface area contributed by atoms with Gasteiger partial charge in [0.25, 0.3) is 5.69 Å². The molecule has 8 heteroatoms. The highest BCUT2D eigenvalue weighted by Crippen LogP contribution is 2.27. The second-order valence-electron chi connectivity index (χ2n) is 5.63. The highest BCUT2D eigenvalue weighted by Gasteiger charge is 2.29. The molecule has 1 saturated heterocycles. The number of nitro benzene ring substituents is 1. The number of morpholine rings is 1. The van der Waals surface area contributed by atoms with E-state index >= 15 is 0 Å². The van der Waals surface area contributed by atoms with Crippen molar-refractivity contribution in [2.75, 3.05) is 18.4 Å². The smallest absolute Gasteiger partial charge is 0.322 e. The van der Waals surface area contributed by atoms with Crippen LogP contribution in [0.4, 0.5) is 16.2 Å². The summed E-state index contributed by atoms with van der Waals surface area (Å²) < 4.78 is 5.91. The molecule has 1 aromatic heterocycles. The second-order valence-corrected chi connectivity index (χ2v) is 6.41. The first-order chi connectivity index (χ1) is 11.5. The fourth-order valence-electron chi connectivity index (χ4n) is 2.66. The van der Waals surface area contributed by atoms with Gasteiger partial charge in [-0.25, -0.2) is 4.79 Å². The van der Waals surface area contributed by atoms with Crippen LogP contribution < -0.4 is 5.32 Å². The Hall–Kier alpha value is -2.45. The van der Waals surface area contributed by atoms with E-state index in [-0.39, 0.29) is 23.9 Å². The molecule has 2 heterocycles. The third kappa shape index (κ3) is 3.72. The van der Waals surface area contributed by atoms with Crippen LogP contribution in [0.15, 0.2) is 41.1 Å². The molecule has 0 spiro atoms. The molecular formula is C16H17N3O4S. The summed E-state index contributed by atoms with van der Waals surface area (Å²) in [5.41, 5.74) is 1.40. The Labute approximate surface area is 143 Å². The highest BCUT2D eigenvalue weighted by atomic mass is 32.1. The molecule has 0 unspecified atom stereocenters. The predicted molar refractivity (Wildman–Crippen MR) is 91.3 cm³/mol. The number of anilines is 1. The Balaban J connectivity index is 1.70. The largest absolute Gasteiger partial charge is 0.367 e. The van der Waals surface area contributed by atoms with Crippen LogP contribution in [0.5, 0.6) is 0 Å². The molecule has 2 amide bonds. The molecule has 2 atom stereocenters. The lowest BCUT2D eigenvalue weighted by atomic mass is 10.1. The number of thiophene rings is 1. The van der Waals surface area contributed by atoms with Crippen molar-refractivity contribution in [1.82, 2.24) is 4.90 Å². The van der Waals surface area contributed by atoms with Crippen molar-refractivity contribution in [3.63, 3.8) is 0 Å². The maximum atomic E-state index is 12.5. The SMILES string of the molecule is C[C@H]1CN(C(=O)Nc2cccc([N+](=O)[O-])c2)C[C@H](c2ccsc2)O1. The summed E-state index contributed by atoms with van der Waals surface area (Å²) in [6.07, 6.45) is -0.240. The molecule has 0 aliphatic carbocycles. The van der Waals surface area contributed by atoms with E-state index in [1.807, 2.05) is 23.8 Å². The van der Waals surface area contributed by atoms with E-state index in [1.54, 1.807) is 28.4 Å². The number of nitro groups is 1. The van der Waals surface area contributed by atoms with E-state index < -0.39 is 4.92 Å². The number of rotatable bonds is 3. The fourth-order valence-corrected chi connectivity index (χ4v) is 3.36. The molecule has 1 aliphatic heterocycles. The van der Waals surface area contributed by atoms with Crippen LogP contribution >= 0.6 is 11.3 Å². The van der Waals surface area contributed by atoms with E-state index in [4.69, 9.17) is 4.74 Å². The third-order valence-electron chi connectivity index (χ3n) is 3.77. The Morgan fingerprint density at radius 3 is 2.96 bits per heavy atom. The van der Waals surface area contributed by atoms with Crippen molar-refractivity contribution in [2.45, 2.75) is 19.1 Å². The zero-order chi connectivity index (χ0) is 17.1. The summed E-state index contributed by atoms with van der Waals surface area (Å²) in [6, 6.07) is 7.61. The summed E-state index contributed by atoms with van der Waals surface area (Å²) in [7, 11) is 0. The summed E-state index contributed by atoms with van der Waals surface area (Å²) in [6.45, 7) is 2.84. The Morgan fingerprint density at radius 1 is 1.42 bits per heavy atom. The molecule has 0 radical (unpaired) electrons. The molecule has 1 fully saturated rings. The number of benzene rings is 1. The summed E-state index contributed by atoms with van der Waals surface area (Å²) in [5, 5.41) is 17.5. The first-order valence-corrected chi connectivity index (χ1v) is 8.45. The minimum atomic E-state index is -0.487. The van der Waals surface area contributed by atoms with Crippen LogP contribution in [0.1, 0.15) is 18.6 Å². The van der Waals surface area contributed by atoms with Crippen molar-refractivity contribution < 1.29 is 14.5 Å². The molecule has 3 rings (SSSR count). The number of hydrogen-bond donors (Lipinski definition) is 1. The lowest BCUT2D eigenvalue weighted by Crippen LogP contribution is -2.47. The van der Waals surface area contributed by atoms with E-state index in [0.717, 1.165) is 5.56 Å². The monoisotopic (exact) mass is 347 g/mol. The molecule has 7 nitrogen and oxygen atoms in total. The molecule has 0 saturated carbocycles. The van der Waals surface area contributed by atoms with Crippen LogP contribution in [0, 0.1) is 10.1 Å². The minimum absolute atomic E-state index is 0.0562. The quantitative estimate of drug-likeness (QED) is 0.678. The lowest BCUT2D eigenvalue weighted by molar-refractivity contribution is -0.384. The number of nitrogens with zero attached hydrogens (tertiary/aromatic N) is 2. The van der Waals surface area contributed by atoms with Gasteiger partial charge in [-0.2, -0.15) is 11.3 Å². The standard InChI is InChI=1S/C16H17N3O4S/c1-11-8-18(9-15(23-11)12-5-6-24-10-12)16(20)17-13-3-2-4-14(7-13)19(21)22/h2-7,10-11,15H,8-9H2,1H3,(H,17,20)/t11-,15+/m0/s1. The normalized spacial score (nSPS) is 20.6. The highest BCUT2D eigenvalue weighted by molar-refractivity contribution is 7.07. The van der Waals surface area contributed by atoms with Gasteiger partial charge in [0.2, 0.25) is 0 Å². The Morgan fingerprint density at radius 2 is 2.25 bits per heavy atom. The molecule has 24 heavy (non-hydrogen) atoms. The maximum absolute atomic E-state index is 12.5. The van der Waals surface area contributed by atoms with Gasteiger partial charge in [0.05, 0.1) is 17.6 Å². The van der Waals surface area contributed by atoms with E-state index in [1.165, 1.54) is 12.1 Å². The summed E-state index contributed by atoms with van der Waals surface area (Å²) >= 11 is 1.59. The van der Waals surface area contributed by atoms with Crippen LogP contribution in [0.3, 0.4) is 0 Å². The van der Waals surface area contributed by atoms with Gasteiger partial charge in [0.1, 0.15) is 6.10 Å². The van der Waals surface area contributed by atoms with Gasteiger partial charge in [0, 0.05) is 24.4 Å². The van der Waals surface area contributed by atoms with Crippen molar-refractivity contribution >= 4 is 28.7 Å². The van der Waals surface area contributed by atoms with Gasteiger partial charge in [-0.15, -0.1) is 0 Å². The van der Waals surface area contributed by atoms with Crippen molar-refractivity contribution in [1.29, 1.82) is 0 Å². The topological polar surface area (TPSA) is 84.7 Å². The number of carbonyl (C=O) groups is 1. The van der Waals surface area contributed by atoms with Gasteiger partial charge in [0.15, 0.2) is 0 Å². The first-order valence-electron chi connectivity index (χ1n) is 7.51. The van der Waals surface area contributed by atoms with E-state index in [2.05, 4.69) is 5.32 Å². The number of nitrogens with one attached hydrogen (secondary N) is 1. The van der Waals surface area contributed by atoms with Crippen molar-refractivity contribution in [3.05, 3.63) is 56.8 Å². The molecule has 0 bridgehead atoms. The Bertz CT molecular complexity index is 735. The molecule has 1 aromatic carbocycles. The number of non-ortho nitro benzene ring substituents is 1. The zero-order valence-corrected chi connectivity index (χ0v) is 13.9. The minimum Gasteiger partial charge on any atom is -0.367 e. The summed E-state index contributed by atoms with van der Waals surface area (Å²) in [5.74, 6) is 0. The predicted octanol–water partition coefficient (Wildman–Crippen LogP) is 3.65. The van der Waals surface area contributed by atoms with Crippen molar-refractivity contribution in [2.24, 2.45) is 0 Å². The van der Waals surface area contributed by atoms with E-state index in [9.17, 15) is 14.9 Å². The third-order valence-corrected chi connectivity index (χ3v) is 4.47. The molecule has 2 aromatic rings. The molecular weight excluding hydrogens is 330 g/mol. The van der Waals surface area contributed by atoms with Crippen LogP contribution in [0.25, 0.3) is 0 Å². The van der Waals surface area contributed by atoms with Gasteiger partial charge in [-0.05, 0) is 35.4 Å². The molecule has 1 N–H and O–H groups in total. The molecule has 1 aliphatic rings. The number of hydrogen-bond acceptors (Lipinski definition) is 5. The summed E-state index contributed by atoms with van der Waals surface area (Å²) in [4.78, 5) is 24.5. The van der Waals surface area contributed by atoms with Gasteiger partial charge in [-0.1, -0.05) is 6.07 Å². The van der Waals surface area contributed by atoms with Crippen LogP contribution in [-0.2, 0) is 4.74 Å². The number of urea groups is 1. The van der Waals surface area contributed by atoms with Gasteiger partial charge < -0.3 is 15.0 Å². The first kappa shape index (κ1) is 16.4. The second kappa shape index (κ2) is 6.98. The van der Waals surface area contributed by atoms with Crippen molar-refractivity contribution in [3.8, 4) is 0 Å². The Kier molecular flexibility index (Phi) is 4.77. The maximum Gasteiger partial charge on any atom is 0.322 e. The van der Waals surface area contributed by atoms with Gasteiger partial charge >= 0.3 is 6.03 Å². The number of ether oxygens (including phenoxy) is 1. The van der Waals surface area contributed by atoms with E-state index in [0.29, 0.717) is 18.8 Å². The zero-order valence-electron chi connectivity index (χ0n) is 13.0. The lowest BCUT2D eigenvalue weighted by Gasteiger charge is -2.36. The van der Waals surface area contributed by atoms with Crippen LogP contribution in [0.2, 0.25) is 0 Å².